The van der Waals surface area contributed by atoms with Gasteiger partial charge < -0.3 is 11.5 Å². The van der Waals surface area contributed by atoms with Crippen molar-refractivity contribution in [1.29, 1.82) is 5.41 Å². The van der Waals surface area contributed by atoms with Crippen molar-refractivity contribution < 1.29 is 4.79 Å². The summed E-state index contributed by atoms with van der Waals surface area (Å²) in [6.45, 7) is 1.91. The van der Waals surface area contributed by atoms with E-state index >= 15 is 0 Å². The summed E-state index contributed by atoms with van der Waals surface area (Å²) in [5, 5.41) is 8.48. The van der Waals surface area contributed by atoms with Gasteiger partial charge in [0.2, 0.25) is 5.96 Å². The van der Waals surface area contributed by atoms with E-state index < -0.39 is 6.03 Å². The second-order valence-electron chi connectivity index (χ2n) is 5.02. The van der Waals surface area contributed by atoms with E-state index in [2.05, 4.69) is 4.99 Å². The number of benzene rings is 2. The van der Waals surface area contributed by atoms with Crippen molar-refractivity contribution in [2.24, 2.45) is 16.5 Å². The average molecular weight is 309 g/mol. The standard InChI is InChI=1S/C17H19N5O/c1-11-8-9-14(22(17(20)23)16(19)21-2)13(10-11)15(18)12-6-4-3-5-7-12/h3-10,18H,1-2H3,(H2,19,21)(H2,20,23). The second kappa shape index (κ2) is 6.74. The zero-order valence-corrected chi connectivity index (χ0v) is 13.1. The SMILES string of the molecule is CN=C(N)N(C(N)=O)c1ccc(C)cc1C(=N)c1ccccc1. The molecule has 6 heteroatoms. The van der Waals surface area contributed by atoms with Crippen LogP contribution in [0.25, 0.3) is 0 Å². The van der Waals surface area contributed by atoms with E-state index in [9.17, 15) is 4.79 Å². The van der Waals surface area contributed by atoms with Crippen molar-refractivity contribution in [3.63, 3.8) is 0 Å². The molecule has 0 bridgehead atoms. The predicted octanol–water partition coefficient (Wildman–Crippen LogP) is 2.24. The smallest absolute Gasteiger partial charge is 0.326 e. The van der Waals surface area contributed by atoms with Gasteiger partial charge in [-0.1, -0.05) is 42.0 Å². The van der Waals surface area contributed by atoms with E-state index in [0.29, 0.717) is 11.3 Å². The Kier molecular flexibility index (Phi) is 4.75. The van der Waals surface area contributed by atoms with Crippen molar-refractivity contribution in [2.45, 2.75) is 6.92 Å². The molecule has 0 atom stereocenters. The highest BCUT2D eigenvalue weighted by Crippen LogP contribution is 2.25. The molecule has 0 spiro atoms. The third kappa shape index (κ3) is 3.37. The molecule has 2 amide bonds. The van der Waals surface area contributed by atoms with Crippen LogP contribution in [0.3, 0.4) is 0 Å². The minimum atomic E-state index is -0.751. The first kappa shape index (κ1) is 16.2. The molecular formula is C17H19N5O. The largest absolute Gasteiger partial charge is 0.369 e. The van der Waals surface area contributed by atoms with Crippen LogP contribution in [0, 0.1) is 12.3 Å². The summed E-state index contributed by atoms with van der Waals surface area (Å²) >= 11 is 0. The number of urea groups is 1. The van der Waals surface area contributed by atoms with Gasteiger partial charge in [-0.3, -0.25) is 10.4 Å². The number of nitrogens with one attached hydrogen (secondary N) is 1. The van der Waals surface area contributed by atoms with E-state index in [1.54, 1.807) is 6.07 Å². The third-order valence-corrected chi connectivity index (χ3v) is 3.40. The molecule has 0 fully saturated rings. The van der Waals surface area contributed by atoms with Crippen molar-refractivity contribution >= 4 is 23.4 Å². The summed E-state index contributed by atoms with van der Waals surface area (Å²) in [6, 6.07) is 13.9. The molecule has 0 saturated carbocycles. The average Bonchev–Trinajstić information content (AvgIpc) is 2.56. The molecule has 0 aliphatic heterocycles. The van der Waals surface area contributed by atoms with Crippen LogP contribution in [0.15, 0.2) is 53.5 Å². The van der Waals surface area contributed by atoms with Crippen LogP contribution in [0.1, 0.15) is 16.7 Å². The highest BCUT2D eigenvalue weighted by atomic mass is 16.2. The number of hydrogen-bond donors (Lipinski definition) is 3. The Morgan fingerprint density at radius 3 is 2.35 bits per heavy atom. The van der Waals surface area contributed by atoms with Crippen molar-refractivity contribution in [2.75, 3.05) is 11.9 Å². The number of guanidine groups is 1. The van der Waals surface area contributed by atoms with Gasteiger partial charge in [-0.2, -0.15) is 0 Å². The number of carbonyl (C=O) groups excluding carboxylic acids is 1. The van der Waals surface area contributed by atoms with E-state index in [1.165, 1.54) is 7.05 Å². The van der Waals surface area contributed by atoms with E-state index in [4.69, 9.17) is 16.9 Å². The molecule has 0 radical (unpaired) electrons. The van der Waals surface area contributed by atoms with Crippen LogP contribution in [0.4, 0.5) is 10.5 Å². The maximum absolute atomic E-state index is 11.8. The van der Waals surface area contributed by atoms with Crippen molar-refractivity contribution in [1.82, 2.24) is 0 Å². The lowest BCUT2D eigenvalue weighted by atomic mass is 9.98. The summed E-state index contributed by atoms with van der Waals surface area (Å²) in [5.41, 5.74) is 14.2. The fraction of sp³-hybridized carbons (Fsp3) is 0.118. The molecule has 0 heterocycles. The number of aryl methyl sites for hydroxylation is 1. The molecule has 6 nitrogen and oxygen atoms in total. The summed E-state index contributed by atoms with van der Waals surface area (Å²) in [7, 11) is 1.47. The number of anilines is 1. The number of rotatable bonds is 3. The van der Waals surface area contributed by atoms with E-state index in [0.717, 1.165) is 16.0 Å². The molecule has 0 saturated heterocycles. The van der Waals surface area contributed by atoms with Gasteiger partial charge in [0.25, 0.3) is 0 Å². The maximum Gasteiger partial charge on any atom is 0.326 e. The predicted molar refractivity (Wildman–Crippen MR) is 93.2 cm³/mol. The highest BCUT2D eigenvalue weighted by molar-refractivity contribution is 6.21. The Labute approximate surface area is 134 Å². The fourth-order valence-corrected chi connectivity index (χ4v) is 2.26. The van der Waals surface area contributed by atoms with Gasteiger partial charge >= 0.3 is 6.03 Å². The Hall–Kier alpha value is -3.15. The molecule has 0 aromatic heterocycles. The third-order valence-electron chi connectivity index (χ3n) is 3.40. The van der Waals surface area contributed by atoms with Crippen LogP contribution in [-0.2, 0) is 0 Å². The topological polar surface area (TPSA) is 109 Å². The Morgan fingerprint density at radius 1 is 1.13 bits per heavy atom. The first-order valence-electron chi connectivity index (χ1n) is 7.02. The van der Waals surface area contributed by atoms with Gasteiger partial charge in [-0.05, 0) is 19.1 Å². The molecule has 2 rings (SSSR count). The normalized spacial score (nSPS) is 11.1. The quantitative estimate of drug-likeness (QED) is 0.597. The van der Waals surface area contributed by atoms with Gasteiger partial charge in [-0.15, -0.1) is 0 Å². The lowest BCUT2D eigenvalue weighted by Gasteiger charge is -2.23. The number of primary amides is 1. The number of amides is 2. The van der Waals surface area contributed by atoms with Gasteiger partial charge in [0.1, 0.15) is 0 Å². The van der Waals surface area contributed by atoms with Gasteiger partial charge in [0.05, 0.1) is 11.4 Å². The summed E-state index contributed by atoms with van der Waals surface area (Å²) < 4.78 is 0. The minimum absolute atomic E-state index is 0.0246. The van der Waals surface area contributed by atoms with Crippen LogP contribution in [-0.4, -0.2) is 24.8 Å². The molecule has 2 aromatic rings. The molecule has 0 aliphatic carbocycles. The summed E-state index contributed by atoms with van der Waals surface area (Å²) in [5.74, 6) is -0.0246. The molecule has 2 aromatic carbocycles. The summed E-state index contributed by atoms with van der Waals surface area (Å²) in [6.07, 6.45) is 0. The van der Waals surface area contributed by atoms with E-state index in [1.807, 2.05) is 49.4 Å². The molecule has 118 valence electrons. The molecule has 0 unspecified atom stereocenters. The number of carbonyl (C=O) groups is 1. The number of nitrogens with zero attached hydrogens (tertiary/aromatic N) is 2. The Balaban J connectivity index is 2.62. The number of aliphatic imine (C=N–C) groups is 1. The first-order chi connectivity index (χ1) is 11.0. The monoisotopic (exact) mass is 309 g/mol. The molecular weight excluding hydrogens is 290 g/mol. The fourth-order valence-electron chi connectivity index (χ4n) is 2.26. The zero-order valence-electron chi connectivity index (χ0n) is 13.1. The van der Waals surface area contributed by atoms with Crippen LogP contribution in [0.5, 0.6) is 0 Å². The Bertz CT molecular complexity index is 768. The van der Waals surface area contributed by atoms with Crippen molar-refractivity contribution in [3.8, 4) is 0 Å². The lowest BCUT2D eigenvalue weighted by Crippen LogP contribution is -2.46. The maximum atomic E-state index is 11.8. The molecule has 23 heavy (non-hydrogen) atoms. The molecule has 0 aliphatic rings. The highest BCUT2D eigenvalue weighted by Gasteiger charge is 2.22. The zero-order chi connectivity index (χ0) is 17.0. The Morgan fingerprint density at radius 2 is 1.78 bits per heavy atom. The lowest BCUT2D eigenvalue weighted by molar-refractivity contribution is 0.256. The molecule has 5 N–H and O–H groups in total. The van der Waals surface area contributed by atoms with E-state index in [-0.39, 0.29) is 11.7 Å². The van der Waals surface area contributed by atoms with Crippen LogP contribution < -0.4 is 16.4 Å². The van der Waals surface area contributed by atoms with Gasteiger partial charge in [-0.25, -0.2) is 9.69 Å². The van der Waals surface area contributed by atoms with Crippen molar-refractivity contribution in [3.05, 3.63) is 65.2 Å². The first-order valence-corrected chi connectivity index (χ1v) is 7.02. The number of hydrogen-bond acceptors (Lipinski definition) is 3. The number of nitrogens with two attached hydrogens (primary N) is 2. The van der Waals surface area contributed by atoms with Crippen LogP contribution >= 0.6 is 0 Å². The van der Waals surface area contributed by atoms with Gasteiger partial charge in [0, 0.05) is 18.2 Å². The van der Waals surface area contributed by atoms with Gasteiger partial charge in [0.15, 0.2) is 0 Å². The van der Waals surface area contributed by atoms with Crippen LogP contribution in [0.2, 0.25) is 0 Å². The second-order valence-corrected chi connectivity index (χ2v) is 5.02. The minimum Gasteiger partial charge on any atom is -0.369 e. The summed E-state index contributed by atoms with van der Waals surface area (Å²) in [4.78, 5) is 16.7.